The van der Waals surface area contributed by atoms with Crippen molar-refractivity contribution in [3.8, 4) is 0 Å². The summed E-state index contributed by atoms with van der Waals surface area (Å²) in [6.07, 6.45) is 6.42. The lowest BCUT2D eigenvalue weighted by atomic mass is 10.0. The van der Waals surface area contributed by atoms with Crippen LogP contribution in [0.3, 0.4) is 0 Å². The smallest absolute Gasteiger partial charge is 0.409 e. The van der Waals surface area contributed by atoms with Crippen molar-refractivity contribution in [2.75, 3.05) is 49.7 Å². The van der Waals surface area contributed by atoms with Crippen LogP contribution in [0.15, 0.2) is 12.4 Å². The van der Waals surface area contributed by atoms with E-state index in [-0.39, 0.29) is 24.8 Å². The molecule has 2 aliphatic rings. The second kappa shape index (κ2) is 9.21. The number of carbonyl (C=O) groups is 1. The SMILES string of the molecule is CCOC(=O)N(C)C1CCN(c2cc(N3CCCCC3CO)ncn2)CC1. The Labute approximate surface area is 161 Å². The fourth-order valence-corrected chi connectivity index (χ4v) is 4.02. The monoisotopic (exact) mass is 377 g/mol. The number of ether oxygens (including phenoxy) is 1. The van der Waals surface area contributed by atoms with E-state index < -0.39 is 0 Å². The third-order valence-electron chi connectivity index (χ3n) is 5.66. The van der Waals surface area contributed by atoms with E-state index in [1.54, 1.807) is 11.2 Å². The lowest BCUT2D eigenvalue weighted by molar-refractivity contribution is 0.0962. The van der Waals surface area contributed by atoms with Crippen molar-refractivity contribution in [2.24, 2.45) is 0 Å². The Balaban J connectivity index is 1.62. The maximum atomic E-state index is 11.9. The van der Waals surface area contributed by atoms with Crippen LogP contribution in [0.4, 0.5) is 16.4 Å². The number of amides is 1. The van der Waals surface area contributed by atoms with Crippen LogP contribution >= 0.6 is 0 Å². The molecule has 3 rings (SSSR count). The molecule has 1 N–H and O–H groups in total. The number of nitrogens with zero attached hydrogens (tertiary/aromatic N) is 5. The molecule has 8 heteroatoms. The summed E-state index contributed by atoms with van der Waals surface area (Å²) in [4.78, 5) is 27.0. The Morgan fingerprint density at radius 3 is 2.67 bits per heavy atom. The first kappa shape index (κ1) is 19.7. The van der Waals surface area contributed by atoms with Gasteiger partial charge in [-0.25, -0.2) is 14.8 Å². The maximum Gasteiger partial charge on any atom is 0.409 e. The van der Waals surface area contributed by atoms with Gasteiger partial charge in [-0.1, -0.05) is 0 Å². The summed E-state index contributed by atoms with van der Waals surface area (Å²) in [5.74, 6) is 1.81. The molecule has 27 heavy (non-hydrogen) atoms. The number of rotatable bonds is 5. The minimum absolute atomic E-state index is 0.144. The maximum absolute atomic E-state index is 11.9. The molecule has 2 fully saturated rings. The predicted octanol–water partition coefficient (Wildman–Crippen LogP) is 1.88. The van der Waals surface area contributed by atoms with Gasteiger partial charge in [0.25, 0.3) is 0 Å². The first-order valence-corrected chi connectivity index (χ1v) is 9.98. The summed E-state index contributed by atoms with van der Waals surface area (Å²) in [6.45, 7) is 4.99. The van der Waals surface area contributed by atoms with E-state index in [2.05, 4.69) is 19.8 Å². The molecule has 1 amide bonds. The highest BCUT2D eigenvalue weighted by atomic mass is 16.6. The zero-order valence-electron chi connectivity index (χ0n) is 16.4. The first-order chi connectivity index (χ1) is 13.1. The minimum atomic E-state index is -0.250. The third-order valence-corrected chi connectivity index (χ3v) is 5.66. The molecule has 2 aliphatic heterocycles. The van der Waals surface area contributed by atoms with Gasteiger partial charge in [-0.2, -0.15) is 0 Å². The summed E-state index contributed by atoms with van der Waals surface area (Å²) in [5.41, 5.74) is 0. The highest BCUT2D eigenvalue weighted by Gasteiger charge is 2.28. The number of anilines is 2. The van der Waals surface area contributed by atoms with Gasteiger partial charge in [-0.3, -0.25) is 0 Å². The fourth-order valence-electron chi connectivity index (χ4n) is 4.02. The molecule has 0 aliphatic carbocycles. The van der Waals surface area contributed by atoms with Crippen molar-refractivity contribution in [1.29, 1.82) is 0 Å². The van der Waals surface area contributed by atoms with Crippen LogP contribution in [-0.4, -0.2) is 78.0 Å². The molecule has 1 aromatic rings. The topological polar surface area (TPSA) is 82.0 Å². The standard InChI is InChI=1S/C19H31N5O3/c1-3-27-19(26)22(2)15-7-10-23(11-8-15)17-12-18(21-14-20-17)24-9-5-4-6-16(24)13-25/h12,14-16,25H,3-11,13H2,1-2H3. The molecule has 1 atom stereocenters. The molecule has 3 heterocycles. The van der Waals surface area contributed by atoms with Gasteiger partial charge in [0.2, 0.25) is 0 Å². The number of piperidine rings is 2. The van der Waals surface area contributed by atoms with E-state index in [1.807, 2.05) is 20.0 Å². The van der Waals surface area contributed by atoms with Crippen molar-refractivity contribution in [3.05, 3.63) is 12.4 Å². The summed E-state index contributed by atoms with van der Waals surface area (Å²) < 4.78 is 5.10. The molecule has 0 aromatic carbocycles. The van der Waals surface area contributed by atoms with Crippen molar-refractivity contribution in [2.45, 2.75) is 51.1 Å². The van der Waals surface area contributed by atoms with Crippen molar-refractivity contribution in [3.63, 3.8) is 0 Å². The van der Waals surface area contributed by atoms with Gasteiger partial charge >= 0.3 is 6.09 Å². The number of carbonyl (C=O) groups excluding carboxylic acids is 1. The normalized spacial score (nSPS) is 21.2. The van der Waals surface area contributed by atoms with Crippen LogP contribution in [0.25, 0.3) is 0 Å². The summed E-state index contributed by atoms with van der Waals surface area (Å²) >= 11 is 0. The summed E-state index contributed by atoms with van der Waals surface area (Å²) in [6, 6.07) is 2.37. The number of aliphatic hydroxyl groups excluding tert-OH is 1. The van der Waals surface area contributed by atoms with E-state index >= 15 is 0 Å². The molecule has 8 nitrogen and oxygen atoms in total. The van der Waals surface area contributed by atoms with Gasteiger partial charge in [-0.15, -0.1) is 0 Å². The molecule has 1 aromatic heterocycles. The summed E-state index contributed by atoms with van der Waals surface area (Å²) in [7, 11) is 1.81. The van der Waals surface area contributed by atoms with Crippen molar-refractivity contribution < 1.29 is 14.6 Å². The van der Waals surface area contributed by atoms with E-state index in [1.165, 1.54) is 0 Å². The Hall–Kier alpha value is -2.09. The average molecular weight is 377 g/mol. The van der Waals surface area contributed by atoms with E-state index in [0.717, 1.165) is 63.4 Å². The molecular formula is C19H31N5O3. The second-order valence-corrected chi connectivity index (χ2v) is 7.29. The van der Waals surface area contributed by atoms with Gasteiger partial charge in [0.1, 0.15) is 18.0 Å². The second-order valence-electron chi connectivity index (χ2n) is 7.29. The van der Waals surface area contributed by atoms with Gasteiger partial charge in [0, 0.05) is 38.8 Å². The van der Waals surface area contributed by atoms with Crippen LogP contribution in [0, 0.1) is 0 Å². The van der Waals surface area contributed by atoms with Crippen LogP contribution in [0.2, 0.25) is 0 Å². The van der Waals surface area contributed by atoms with Gasteiger partial charge in [0.05, 0.1) is 19.3 Å². The number of hydrogen-bond acceptors (Lipinski definition) is 7. The predicted molar refractivity (Wildman–Crippen MR) is 104 cm³/mol. The van der Waals surface area contributed by atoms with Crippen molar-refractivity contribution >= 4 is 17.7 Å². The Bertz CT molecular complexity index is 621. The quantitative estimate of drug-likeness (QED) is 0.839. The van der Waals surface area contributed by atoms with Gasteiger partial charge < -0.3 is 24.5 Å². The number of aromatic nitrogens is 2. The van der Waals surface area contributed by atoms with Crippen molar-refractivity contribution in [1.82, 2.24) is 14.9 Å². The van der Waals surface area contributed by atoms with Crippen LogP contribution < -0.4 is 9.80 Å². The van der Waals surface area contributed by atoms with E-state index in [4.69, 9.17) is 4.74 Å². The molecule has 0 spiro atoms. The highest BCUT2D eigenvalue weighted by molar-refractivity contribution is 5.67. The largest absolute Gasteiger partial charge is 0.450 e. The number of aliphatic hydroxyl groups is 1. The highest BCUT2D eigenvalue weighted by Crippen LogP contribution is 2.27. The van der Waals surface area contributed by atoms with Gasteiger partial charge in [0.15, 0.2) is 0 Å². The molecule has 2 saturated heterocycles. The Morgan fingerprint density at radius 1 is 1.22 bits per heavy atom. The first-order valence-electron chi connectivity index (χ1n) is 9.98. The fraction of sp³-hybridized carbons (Fsp3) is 0.737. The van der Waals surface area contributed by atoms with Gasteiger partial charge in [-0.05, 0) is 39.0 Å². The molecule has 0 bridgehead atoms. The third kappa shape index (κ3) is 4.61. The minimum Gasteiger partial charge on any atom is -0.450 e. The number of hydrogen-bond donors (Lipinski definition) is 1. The Kier molecular flexibility index (Phi) is 6.71. The zero-order valence-corrected chi connectivity index (χ0v) is 16.4. The summed E-state index contributed by atoms with van der Waals surface area (Å²) in [5, 5.41) is 9.67. The zero-order chi connectivity index (χ0) is 19.2. The molecule has 0 saturated carbocycles. The average Bonchev–Trinajstić information content (AvgIpc) is 2.73. The van der Waals surface area contributed by atoms with Crippen LogP contribution in [0.1, 0.15) is 39.0 Å². The molecule has 150 valence electrons. The van der Waals surface area contributed by atoms with E-state index in [0.29, 0.717) is 6.61 Å². The molecule has 0 radical (unpaired) electrons. The van der Waals surface area contributed by atoms with Crippen LogP contribution in [0.5, 0.6) is 0 Å². The molecular weight excluding hydrogens is 346 g/mol. The Morgan fingerprint density at radius 2 is 1.96 bits per heavy atom. The lowest BCUT2D eigenvalue weighted by Crippen LogP contribution is -2.46. The van der Waals surface area contributed by atoms with Crippen LogP contribution in [-0.2, 0) is 4.74 Å². The lowest BCUT2D eigenvalue weighted by Gasteiger charge is -2.38. The molecule has 1 unspecified atom stereocenters. The van der Waals surface area contributed by atoms with E-state index in [9.17, 15) is 9.90 Å².